The van der Waals surface area contributed by atoms with E-state index in [0.29, 0.717) is 0 Å². The Morgan fingerprint density at radius 1 is 1.17 bits per heavy atom. The van der Waals surface area contributed by atoms with Gasteiger partial charge in [-0.2, -0.15) is 0 Å². The minimum absolute atomic E-state index is 0.203. The molecule has 1 aromatic rings. The van der Waals surface area contributed by atoms with Crippen molar-refractivity contribution in [1.29, 1.82) is 0 Å². The van der Waals surface area contributed by atoms with Gasteiger partial charge in [-0.25, -0.2) is 0 Å². The number of hydrogen-bond acceptors (Lipinski definition) is 2. The quantitative estimate of drug-likeness (QED) is 0.829. The molecule has 0 amide bonds. The first kappa shape index (κ1) is 13.4. The molecule has 1 aliphatic heterocycles. The van der Waals surface area contributed by atoms with Crippen molar-refractivity contribution >= 4 is 5.69 Å². The van der Waals surface area contributed by atoms with Crippen LogP contribution in [0, 0.1) is 5.92 Å². The van der Waals surface area contributed by atoms with Crippen LogP contribution in [0.15, 0.2) is 24.3 Å². The molecule has 0 spiro atoms. The van der Waals surface area contributed by atoms with E-state index in [-0.39, 0.29) is 5.41 Å². The van der Waals surface area contributed by atoms with E-state index < -0.39 is 0 Å². The second-order valence-electron chi connectivity index (χ2n) is 6.46. The van der Waals surface area contributed by atoms with Crippen molar-refractivity contribution < 1.29 is 0 Å². The molecule has 1 fully saturated rings. The first-order valence-corrected chi connectivity index (χ1v) is 7.06. The predicted molar refractivity (Wildman–Crippen MR) is 78.7 cm³/mol. The molecule has 0 saturated carbocycles. The van der Waals surface area contributed by atoms with Gasteiger partial charge in [-0.15, -0.1) is 0 Å². The maximum Gasteiger partial charge on any atom is 0.0314 e. The molecule has 1 heterocycles. The zero-order valence-electron chi connectivity index (χ0n) is 11.9. The van der Waals surface area contributed by atoms with Gasteiger partial charge in [0.2, 0.25) is 0 Å². The van der Waals surface area contributed by atoms with E-state index in [1.807, 2.05) is 12.1 Å². The van der Waals surface area contributed by atoms with Crippen molar-refractivity contribution in [3.05, 3.63) is 29.8 Å². The van der Waals surface area contributed by atoms with Crippen LogP contribution in [-0.2, 0) is 5.41 Å². The highest BCUT2D eigenvalue weighted by molar-refractivity contribution is 5.41. The molecule has 1 aromatic carbocycles. The highest BCUT2D eigenvalue weighted by Gasteiger charge is 2.25. The number of nitrogen functional groups attached to an aromatic ring is 1. The summed E-state index contributed by atoms with van der Waals surface area (Å²) in [6, 6.07) is 8.36. The molecule has 18 heavy (non-hydrogen) atoms. The van der Waals surface area contributed by atoms with Crippen LogP contribution in [0.25, 0.3) is 0 Å². The molecule has 2 heteroatoms. The number of anilines is 1. The summed E-state index contributed by atoms with van der Waals surface area (Å²) in [5, 5.41) is 0. The fourth-order valence-electron chi connectivity index (χ4n) is 2.80. The minimum Gasteiger partial charge on any atom is -0.399 e. The Morgan fingerprint density at radius 2 is 1.72 bits per heavy atom. The Morgan fingerprint density at radius 3 is 2.28 bits per heavy atom. The van der Waals surface area contributed by atoms with Gasteiger partial charge in [0.15, 0.2) is 0 Å². The smallest absolute Gasteiger partial charge is 0.0314 e. The number of piperidine rings is 1. The number of rotatable bonds is 3. The standard InChI is InChI=1S/C16H26N2/c1-13-8-10-18(11-9-13)12-16(2,3)14-4-6-15(17)7-5-14/h4-7,13H,8-12,17H2,1-3H3. The van der Waals surface area contributed by atoms with Gasteiger partial charge in [-0.1, -0.05) is 32.9 Å². The lowest BCUT2D eigenvalue weighted by Crippen LogP contribution is -2.41. The SMILES string of the molecule is CC1CCN(CC(C)(C)c2ccc(N)cc2)CC1. The lowest BCUT2D eigenvalue weighted by molar-refractivity contribution is 0.162. The van der Waals surface area contributed by atoms with Crippen molar-refractivity contribution in [2.45, 2.75) is 39.0 Å². The molecule has 0 unspecified atom stereocenters. The van der Waals surface area contributed by atoms with Gasteiger partial charge >= 0.3 is 0 Å². The predicted octanol–water partition coefficient (Wildman–Crippen LogP) is 3.28. The number of likely N-dealkylation sites (tertiary alicyclic amines) is 1. The Bertz CT molecular complexity index is 373. The van der Waals surface area contributed by atoms with Crippen LogP contribution in [-0.4, -0.2) is 24.5 Å². The number of nitrogens with zero attached hydrogens (tertiary/aromatic N) is 1. The van der Waals surface area contributed by atoms with E-state index >= 15 is 0 Å². The zero-order chi connectivity index (χ0) is 13.2. The fraction of sp³-hybridized carbons (Fsp3) is 0.625. The zero-order valence-corrected chi connectivity index (χ0v) is 11.9. The van der Waals surface area contributed by atoms with Crippen molar-refractivity contribution in [3.8, 4) is 0 Å². The summed E-state index contributed by atoms with van der Waals surface area (Å²) < 4.78 is 0. The van der Waals surface area contributed by atoms with Gasteiger partial charge in [0.1, 0.15) is 0 Å². The molecule has 2 nitrogen and oxygen atoms in total. The molecular weight excluding hydrogens is 220 g/mol. The van der Waals surface area contributed by atoms with Gasteiger partial charge in [0.25, 0.3) is 0 Å². The summed E-state index contributed by atoms with van der Waals surface area (Å²) in [5.74, 6) is 0.904. The summed E-state index contributed by atoms with van der Waals surface area (Å²) in [6.07, 6.45) is 2.69. The molecule has 0 aliphatic carbocycles. The highest BCUT2D eigenvalue weighted by Crippen LogP contribution is 2.27. The van der Waals surface area contributed by atoms with E-state index in [9.17, 15) is 0 Å². The molecule has 1 aliphatic rings. The second kappa shape index (κ2) is 5.31. The van der Waals surface area contributed by atoms with Crippen LogP contribution < -0.4 is 5.73 Å². The van der Waals surface area contributed by atoms with E-state index in [1.165, 1.54) is 31.5 Å². The maximum atomic E-state index is 5.76. The monoisotopic (exact) mass is 246 g/mol. The molecule has 0 bridgehead atoms. The van der Waals surface area contributed by atoms with E-state index in [2.05, 4.69) is 37.8 Å². The molecular formula is C16H26N2. The number of nitrogens with two attached hydrogens (primary N) is 1. The Balaban J connectivity index is 2.00. The molecule has 0 radical (unpaired) electrons. The van der Waals surface area contributed by atoms with Crippen molar-refractivity contribution in [2.75, 3.05) is 25.4 Å². The average Bonchev–Trinajstić information content (AvgIpc) is 2.32. The van der Waals surface area contributed by atoms with Crippen LogP contribution in [0.5, 0.6) is 0 Å². The summed E-state index contributed by atoms with van der Waals surface area (Å²) in [7, 11) is 0. The number of hydrogen-bond donors (Lipinski definition) is 1. The summed E-state index contributed by atoms with van der Waals surface area (Å²) in [4.78, 5) is 2.61. The maximum absolute atomic E-state index is 5.76. The Kier molecular flexibility index (Phi) is 3.96. The molecule has 2 N–H and O–H groups in total. The van der Waals surface area contributed by atoms with E-state index in [1.54, 1.807) is 0 Å². The lowest BCUT2D eigenvalue weighted by atomic mass is 9.83. The summed E-state index contributed by atoms with van der Waals surface area (Å²) in [6.45, 7) is 10.7. The first-order valence-electron chi connectivity index (χ1n) is 7.06. The van der Waals surface area contributed by atoms with Crippen molar-refractivity contribution in [3.63, 3.8) is 0 Å². The minimum atomic E-state index is 0.203. The highest BCUT2D eigenvalue weighted by atomic mass is 15.1. The lowest BCUT2D eigenvalue weighted by Gasteiger charge is -2.37. The molecule has 0 aromatic heterocycles. The van der Waals surface area contributed by atoms with Gasteiger partial charge in [-0.05, 0) is 49.5 Å². The summed E-state index contributed by atoms with van der Waals surface area (Å²) >= 11 is 0. The fourth-order valence-corrected chi connectivity index (χ4v) is 2.80. The molecule has 1 saturated heterocycles. The molecule has 0 atom stereocenters. The van der Waals surface area contributed by atoms with Gasteiger partial charge in [-0.3, -0.25) is 0 Å². The van der Waals surface area contributed by atoms with Crippen molar-refractivity contribution in [1.82, 2.24) is 4.90 Å². The number of benzene rings is 1. The van der Waals surface area contributed by atoms with Gasteiger partial charge in [0.05, 0.1) is 0 Å². The molecule has 2 rings (SSSR count). The third kappa shape index (κ3) is 3.26. The van der Waals surface area contributed by atoms with Crippen LogP contribution >= 0.6 is 0 Å². The third-order valence-corrected chi connectivity index (χ3v) is 4.19. The van der Waals surface area contributed by atoms with Crippen LogP contribution in [0.3, 0.4) is 0 Å². The Labute approximate surface area is 111 Å². The van der Waals surface area contributed by atoms with Crippen LogP contribution in [0.1, 0.15) is 39.2 Å². The second-order valence-corrected chi connectivity index (χ2v) is 6.46. The topological polar surface area (TPSA) is 29.3 Å². The normalized spacial score (nSPS) is 19.1. The largest absolute Gasteiger partial charge is 0.399 e. The first-order chi connectivity index (χ1) is 8.47. The van der Waals surface area contributed by atoms with E-state index in [0.717, 1.165) is 18.2 Å². The van der Waals surface area contributed by atoms with E-state index in [4.69, 9.17) is 5.73 Å². The summed E-state index contributed by atoms with van der Waals surface area (Å²) in [5.41, 5.74) is 8.19. The van der Waals surface area contributed by atoms with Gasteiger partial charge < -0.3 is 10.6 Å². The molecule has 100 valence electrons. The third-order valence-electron chi connectivity index (χ3n) is 4.19. The average molecular weight is 246 g/mol. The van der Waals surface area contributed by atoms with Crippen LogP contribution in [0.4, 0.5) is 5.69 Å². The Hall–Kier alpha value is -1.02. The van der Waals surface area contributed by atoms with Crippen LogP contribution in [0.2, 0.25) is 0 Å². The van der Waals surface area contributed by atoms with Gasteiger partial charge in [0, 0.05) is 17.6 Å². The van der Waals surface area contributed by atoms with Crippen molar-refractivity contribution in [2.24, 2.45) is 5.92 Å².